The fraction of sp³-hybridized carbons (Fsp3) is 0.364. The van der Waals surface area contributed by atoms with Crippen LogP contribution in [0, 0.1) is 6.92 Å². The minimum absolute atomic E-state index is 0.192. The normalized spacial score (nSPS) is 20.0. The molecule has 6 rings (SSSR count). The summed E-state index contributed by atoms with van der Waals surface area (Å²) in [4.78, 5) is 41.0. The summed E-state index contributed by atoms with van der Waals surface area (Å²) in [5, 5.41) is 2.35. The van der Waals surface area contributed by atoms with Crippen LogP contribution in [0.2, 0.25) is 0 Å². The number of imide groups is 1. The molecule has 3 aromatic carbocycles. The molecular weight excluding hydrogens is 502 g/mol. The van der Waals surface area contributed by atoms with Crippen LogP contribution in [0.5, 0.6) is 5.75 Å². The lowest BCUT2D eigenvalue weighted by Gasteiger charge is -2.32. The largest absolute Gasteiger partial charge is 0.489 e. The Balaban J connectivity index is 1.03. The van der Waals surface area contributed by atoms with Crippen molar-refractivity contribution in [2.75, 3.05) is 13.1 Å². The van der Waals surface area contributed by atoms with Crippen LogP contribution in [0.3, 0.4) is 0 Å². The van der Waals surface area contributed by atoms with Crippen LogP contribution in [-0.4, -0.2) is 46.7 Å². The lowest BCUT2D eigenvalue weighted by Crippen LogP contribution is -2.52. The predicted octanol–water partition coefficient (Wildman–Crippen LogP) is 4.71. The third kappa shape index (κ3) is 5.52. The van der Waals surface area contributed by atoms with Gasteiger partial charge < -0.3 is 9.64 Å². The summed E-state index contributed by atoms with van der Waals surface area (Å²) >= 11 is 0. The number of hydrogen-bond donors (Lipinski definition) is 1. The summed E-state index contributed by atoms with van der Waals surface area (Å²) in [5.74, 6) is 0.421. The Kier molecular flexibility index (Phi) is 7.39. The number of amides is 3. The minimum Gasteiger partial charge on any atom is -0.489 e. The standard InChI is InChI=1S/C33H35N3O4/c1-22-5-11-25(12-6-22)26-15-17-35(18-16-26)19-23-7-9-24(10-8-23)21-40-30-4-2-3-27-28(30)20-36(33(27)39)29-13-14-31(37)34-32(29)38/h2-12,26,29H,13-21H2,1H3,(H,34,37,38). The molecule has 0 saturated carbocycles. The number of fused-ring (bicyclic) bond motifs is 1. The van der Waals surface area contributed by atoms with Gasteiger partial charge in [-0.3, -0.25) is 24.6 Å². The van der Waals surface area contributed by atoms with E-state index in [9.17, 15) is 14.4 Å². The summed E-state index contributed by atoms with van der Waals surface area (Å²) in [6, 6.07) is 22.4. The molecule has 3 heterocycles. The van der Waals surface area contributed by atoms with Gasteiger partial charge in [-0.05, 0) is 74.0 Å². The highest BCUT2D eigenvalue weighted by atomic mass is 16.5. The van der Waals surface area contributed by atoms with Gasteiger partial charge in [-0.15, -0.1) is 0 Å². The lowest BCUT2D eigenvalue weighted by molar-refractivity contribution is -0.136. The van der Waals surface area contributed by atoms with Crippen molar-refractivity contribution in [2.45, 2.75) is 64.3 Å². The second kappa shape index (κ2) is 11.3. The van der Waals surface area contributed by atoms with Gasteiger partial charge in [0.2, 0.25) is 11.8 Å². The van der Waals surface area contributed by atoms with E-state index in [0.29, 0.717) is 36.8 Å². The summed E-state index contributed by atoms with van der Waals surface area (Å²) in [7, 11) is 0. The van der Waals surface area contributed by atoms with Gasteiger partial charge in [0, 0.05) is 24.1 Å². The first-order valence-corrected chi connectivity index (χ1v) is 14.2. The van der Waals surface area contributed by atoms with Crippen molar-refractivity contribution in [3.8, 4) is 5.75 Å². The first-order chi connectivity index (χ1) is 19.4. The van der Waals surface area contributed by atoms with Crippen molar-refractivity contribution >= 4 is 17.7 Å². The van der Waals surface area contributed by atoms with Crippen LogP contribution in [0.15, 0.2) is 66.7 Å². The van der Waals surface area contributed by atoms with Gasteiger partial charge in [-0.1, -0.05) is 60.2 Å². The van der Waals surface area contributed by atoms with E-state index in [1.807, 2.05) is 12.1 Å². The maximum absolute atomic E-state index is 13.1. The molecule has 7 heteroatoms. The number of rotatable bonds is 7. The van der Waals surface area contributed by atoms with Crippen LogP contribution >= 0.6 is 0 Å². The van der Waals surface area contributed by atoms with Crippen molar-refractivity contribution in [3.63, 3.8) is 0 Å². The number of carbonyl (C=O) groups excluding carboxylic acids is 3. The Hall–Kier alpha value is -3.97. The Morgan fingerprint density at radius 3 is 2.33 bits per heavy atom. The van der Waals surface area contributed by atoms with Crippen LogP contribution in [0.4, 0.5) is 0 Å². The molecular formula is C33H35N3O4. The molecule has 0 radical (unpaired) electrons. The average molecular weight is 538 g/mol. The predicted molar refractivity (Wildman–Crippen MR) is 152 cm³/mol. The highest BCUT2D eigenvalue weighted by Gasteiger charge is 2.40. The Morgan fingerprint density at radius 2 is 1.60 bits per heavy atom. The second-order valence-corrected chi connectivity index (χ2v) is 11.2. The third-order valence-corrected chi connectivity index (χ3v) is 8.50. The first-order valence-electron chi connectivity index (χ1n) is 14.2. The monoisotopic (exact) mass is 537 g/mol. The van der Waals surface area contributed by atoms with Crippen molar-refractivity contribution in [2.24, 2.45) is 0 Å². The topological polar surface area (TPSA) is 79.0 Å². The number of hydrogen-bond acceptors (Lipinski definition) is 5. The van der Waals surface area contributed by atoms with Crippen LogP contribution < -0.4 is 10.1 Å². The van der Waals surface area contributed by atoms with Gasteiger partial charge in [0.25, 0.3) is 5.91 Å². The molecule has 1 atom stereocenters. The van der Waals surface area contributed by atoms with Gasteiger partial charge in [0.05, 0.1) is 6.54 Å². The van der Waals surface area contributed by atoms with Crippen molar-refractivity contribution in [1.29, 1.82) is 0 Å². The second-order valence-electron chi connectivity index (χ2n) is 11.2. The van der Waals surface area contributed by atoms with E-state index in [0.717, 1.165) is 30.8 Å². The van der Waals surface area contributed by atoms with Crippen molar-refractivity contribution in [1.82, 2.24) is 15.1 Å². The van der Waals surface area contributed by atoms with Gasteiger partial charge in [-0.2, -0.15) is 0 Å². The maximum atomic E-state index is 13.1. The maximum Gasteiger partial charge on any atom is 0.255 e. The van der Waals surface area contributed by atoms with Crippen molar-refractivity contribution in [3.05, 3.63) is 100 Å². The quantitative estimate of drug-likeness (QED) is 0.442. The number of ether oxygens (including phenoxy) is 1. The molecule has 206 valence electrons. The summed E-state index contributed by atoms with van der Waals surface area (Å²) in [6.07, 6.45) is 2.97. The van der Waals surface area contributed by atoms with Crippen LogP contribution in [0.1, 0.15) is 69.8 Å². The molecule has 0 aromatic heterocycles. The van der Waals surface area contributed by atoms with E-state index in [1.54, 1.807) is 11.0 Å². The number of piperidine rings is 2. The molecule has 2 saturated heterocycles. The molecule has 0 aliphatic carbocycles. The number of likely N-dealkylation sites (tertiary alicyclic amines) is 1. The van der Waals surface area contributed by atoms with E-state index in [1.165, 1.54) is 29.5 Å². The zero-order valence-electron chi connectivity index (χ0n) is 22.9. The Labute approximate surface area is 235 Å². The fourth-order valence-corrected chi connectivity index (χ4v) is 6.12. The number of nitrogens with one attached hydrogen (secondary N) is 1. The SMILES string of the molecule is Cc1ccc(C2CCN(Cc3ccc(COc4cccc5c4CN(C4CCC(=O)NC4=O)C5=O)cc3)CC2)cc1. The molecule has 40 heavy (non-hydrogen) atoms. The zero-order valence-corrected chi connectivity index (χ0v) is 22.9. The number of carbonyl (C=O) groups is 3. The van der Waals surface area contributed by atoms with Crippen LogP contribution in [0.25, 0.3) is 0 Å². The highest BCUT2D eigenvalue weighted by molar-refractivity contribution is 6.05. The first kappa shape index (κ1) is 26.3. The molecule has 1 unspecified atom stereocenters. The van der Waals surface area contributed by atoms with Crippen LogP contribution in [-0.2, 0) is 29.3 Å². The highest BCUT2D eigenvalue weighted by Crippen LogP contribution is 2.34. The van der Waals surface area contributed by atoms with Crippen molar-refractivity contribution < 1.29 is 19.1 Å². The molecule has 3 amide bonds. The number of aryl methyl sites for hydroxylation is 1. The van der Waals surface area contributed by atoms with E-state index < -0.39 is 11.9 Å². The van der Waals surface area contributed by atoms with E-state index >= 15 is 0 Å². The molecule has 2 fully saturated rings. The van der Waals surface area contributed by atoms with E-state index in [-0.39, 0.29) is 18.2 Å². The van der Waals surface area contributed by atoms with Gasteiger partial charge >= 0.3 is 0 Å². The molecule has 0 spiro atoms. The minimum atomic E-state index is -0.633. The molecule has 0 bridgehead atoms. The molecule has 7 nitrogen and oxygen atoms in total. The van der Waals surface area contributed by atoms with E-state index in [4.69, 9.17) is 4.74 Å². The summed E-state index contributed by atoms with van der Waals surface area (Å²) in [5.41, 5.74) is 6.49. The molecule has 3 aliphatic heterocycles. The fourth-order valence-electron chi connectivity index (χ4n) is 6.12. The number of benzene rings is 3. The third-order valence-electron chi connectivity index (χ3n) is 8.50. The lowest BCUT2D eigenvalue weighted by atomic mass is 9.89. The molecule has 3 aliphatic rings. The zero-order chi connectivity index (χ0) is 27.6. The molecule has 3 aromatic rings. The average Bonchev–Trinajstić information content (AvgIpc) is 3.30. The smallest absolute Gasteiger partial charge is 0.255 e. The van der Waals surface area contributed by atoms with Gasteiger partial charge in [0.15, 0.2) is 0 Å². The summed E-state index contributed by atoms with van der Waals surface area (Å²) in [6.45, 7) is 6.00. The number of nitrogens with zero attached hydrogens (tertiary/aromatic N) is 2. The van der Waals surface area contributed by atoms with E-state index in [2.05, 4.69) is 65.7 Å². The summed E-state index contributed by atoms with van der Waals surface area (Å²) < 4.78 is 6.17. The molecule has 1 N–H and O–H groups in total. The Bertz CT molecular complexity index is 1410. The van der Waals surface area contributed by atoms with Gasteiger partial charge in [-0.25, -0.2) is 0 Å². The van der Waals surface area contributed by atoms with Gasteiger partial charge in [0.1, 0.15) is 18.4 Å². The Morgan fingerprint density at radius 1 is 0.875 bits per heavy atom.